The van der Waals surface area contributed by atoms with Gasteiger partial charge in [0.2, 0.25) is 5.88 Å². The topological polar surface area (TPSA) is 50.3 Å². The van der Waals surface area contributed by atoms with E-state index in [1.165, 1.54) is 0 Å². The molecule has 0 amide bonds. The van der Waals surface area contributed by atoms with Gasteiger partial charge in [-0.3, -0.25) is 0 Å². The Hall–Kier alpha value is -1.07. The summed E-state index contributed by atoms with van der Waals surface area (Å²) in [5.41, 5.74) is 0. The van der Waals surface area contributed by atoms with Crippen LogP contribution in [0.3, 0.4) is 0 Å². The number of ether oxygens (including phenoxy) is 1. The number of nitrogens with zero attached hydrogens (tertiary/aromatic N) is 3. The number of nitrogens with one attached hydrogen (secondary N) is 1. The monoisotopic (exact) mass is 272 g/mol. The molecule has 2 rings (SSSR count). The first-order valence-corrected chi connectivity index (χ1v) is 6.16. The Bertz CT molecular complexity index is 356. The van der Waals surface area contributed by atoms with Crippen molar-refractivity contribution < 1.29 is 4.74 Å². The molecule has 102 valence electrons. The fourth-order valence-electron chi connectivity index (χ4n) is 1.73. The maximum absolute atomic E-state index is 5.61. The van der Waals surface area contributed by atoms with Crippen molar-refractivity contribution >= 4 is 18.2 Å². The zero-order valence-electron chi connectivity index (χ0n) is 10.9. The second kappa shape index (κ2) is 7.38. The maximum Gasteiger partial charge on any atom is 0.218 e. The van der Waals surface area contributed by atoms with Gasteiger partial charge in [-0.1, -0.05) is 13.8 Å². The lowest BCUT2D eigenvalue weighted by Gasteiger charge is -2.28. The first-order chi connectivity index (χ1) is 8.25. The molecule has 0 aliphatic carbocycles. The highest BCUT2D eigenvalue weighted by atomic mass is 35.5. The van der Waals surface area contributed by atoms with Crippen LogP contribution in [0.25, 0.3) is 0 Å². The standard InChI is InChI=1S/C12H20N4O.ClH/c1-10(2)8-17-12-7-11(14-9-15-12)16-5-3-13-4-6-16;/h7,9-10,13H,3-6,8H2,1-2H3;1H. The lowest BCUT2D eigenvalue weighted by molar-refractivity contribution is 0.261. The van der Waals surface area contributed by atoms with Gasteiger partial charge in [0.15, 0.2) is 0 Å². The summed E-state index contributed by atoms with van der Waals surface area (Å²) < 4.78 is 5.61. The smallest absolute Gasteiger partial charge is 0.218 e. The molecule has 1 N–H and O–H groups in total. The molecule has 0 aromatic carbocycles. The van der Waals surface area contributed by atoms with Crippen LogP contribution in [0.15, 0.2) is 12.4 Å². The Morgan fingerprint density at radius 1 is 1.33 bits per heavy atom. The van der Waals surface area contributed by atoms with E-state index in [4.69, 9.17) is 4.74 Å². The summed E-state index contributed by atoms with van der Waals surface area (Å²) in [7, 11) is 0. The highest BCUT2D eigenvalue weighted by Crippen LogP contribution is 2.16. The minimum atomic E-state index is 0. The van der Waals surface area contributed by atoms with Gasteiger partial charge in [0.1, 0.15) is 12.1 Å². The van der Waals surface area contributed by atoms with E-state index in [1.807, 2.05) is 6.07 Å². The van der Waals surface area contributed by atoms with E-state index in [1.54, 1.807) is 6.33 Å². The first kappa shape index (κ1) is 15.0. The second-order valence-electron chi connectivity index (χ2n) is 4.66. The summed E-state index contributed by atoms with van der Waals surface area (Å²) in [4.78, 5) is 10.7. The van der Waals surface area contributed by atoms with Crippen LogP contribution in [0.2, 0.25) is 0 Å². The van der Waals surface area contributed by atoms with Crippen molar-refractivity contribution in [3.8, 4) is 5.88 Å². The molecule has 0 unspecified atom stereocenters. The van der Waals surface area contributed by atoms with Gasteiger partial charge in [0.25, 0.3) is 0 Å². The summed E-state index contributed by atoms with van der Waals surface area (Å²) in [6.45, 7) is 8.93. The predicted octanol–water partition coefficient (Wildman–Crippen LogP) is 1.34. The van der Waals surface area contributed by atoms with Crippen LogP contribution in [0, 0.1) is 5.92 Å². The summed E-state index contributed by atoms with van der Waals surface area (Å²) in [6.07, 6.45) is 1.58. The molecule has 0 atom stereocenters. The van der Waals surface area contributed by atoms with E-state index < -0.39 is 0 Å². The van der Waals surface area contributed by atoms with Crippen LogP contribution < -0.4 is 15.0 Å². The van der Waals surface area contributed by atoms with E-state index in [-0.39, 0.29) is 12.4 Å². The Kier molecular flexibility index (Phi) is 6.15. The summed E-state index contributed by atoms with van der Waals surface area (Å²) in [5, 5.41) is 3.32. The largest absolute Gasteiger partial charge is 0.477 e. The van der Waals surface area contributed by atoms with Crippen molar-refractivity contribution in [1.29, 1.82) is 0 Å². The third-order valence-electron chi connectivity index (χ3n) is 2.63. The molecule has 1 aromatic rings. The number of piperazine rings is 1. The maximum atomic E-state index is 5.61. The fourth-order valence-corrected chi connectivity index (χ4v) is 1.73. The van der Waals surface area contributed by atoms with Crippen molar-refractivity contribution in [3.05, 3.63) is 12.4 Å². The first-order valence-electron chi connectivity index (χ1n) is 6.16. The van der Waals surface area contributed by atoms with Crippen LogP contribution in [0.5, 0.6) is 5.88 Å². The normalized spacial score (nSPS) is 15.4. The van der Waals surface area contributed by atoms with Crippen molar-refractivity contribution in [2.45, 2.75) is 13.8 Å². The fraction of sp³-hybridized carbons (Fsp3) is 0.667. The minimum Gasteiger partial charge on any atom is -0.477 e. The van der Waals surface area contributed by atoms with Crippen LogP contribution in [0.1, 0.15) is 13.8 Å². The van der Waals surface area contributed by atoms with Gasteiger partial charge in [0, 0.05) is 32.2 Å². The lowest BCUT2D eigenvalue weighted by atomic mass is 10.2. The molecule has 0 saturated carbocycles. The molecular formula is C12H21ClN4O. The third-order valence-corrected chi connectivity index (χ3v) is 2.63. The van der Waals surface area contributed by atoms with Crippen LogP contribution in [-0.2, 0) is 0 Å². The number of halogens is 1. The Labute approximate surface area is 114 Å². The van der Waals surface area contributed by atoms with Gasteiger partial charge < -0.3 is 15.0 Å². The zero-order valence-corrected chi connectivity index (χ0v) is 11.7. The molecule has 6 heteroatoms. The van der Waals surface area contributed by atoms with Gasteiger partial charge >= 0.3 is 0 Å². The highest BCUT2D eigenvalue weighted by Gasteiger charge is 2.12. The van der Waals surface area contributed by atoms with Crippen molar-refractivity contribution in [2.24, 2.45) is 5.92 Å². The minimum absolute atomic E-state index is 0. The molecular weight excluding hydrogens is 252 g/mol. The average Bonchev–Trinajstić information content (AvgIpc) is 2.38. The van der Waals surface area contributed by atoms with Gasteiger partial charge in [-0.2, -0.15) is 0 Å². The summed E-state index contributed by atoms with van der Waals surface area (Å²) in [5.74, 6) is 2.13. The van der Waals surface area contributed by atoms with Gasteiger partial charge in [-0.05, 0) is 5.92 Å². The van der Waals surface area contributed by atoms with E-state index >= 15 is 0 Å². The molecule has 0 radical (unpaired) electrons. The quantitative estimate of drug-likeness (QED) is 0.897. The molecule has 2 heterocycles. The number of hydrogen-bond donors (Lipinski definition) is 1. The predicted molar refractivity (Wildman–Crippen MR) is 74.7 cm³/mol. The number of aromatic nitrogens is 2. The van der Waals surface area contributed by atoms with Crippen molar-refractivity contribution in [2.75, 3.05) is 37.7 Å². The highest BCUT2D eigenvalue weighted by molar-refractivity contribution is 5.85. The second-order valence-corrected chi connectivity index (χ2v) is 4.66. The SMILES string of the molecule is CC(C)COc1cc(N2CCNCC2)ncn1.Cl. The van der Waals surface area contributed by atoms with Crippen molar-refractivity contribution in [1.82, 2.24) is 15.3 Å². The Balaban J connectivity index is 0.00000162. The van der Waals surface area contributed by atoms with Crippen LogP contribution in [-0.4, -0.2) is 42.8 Å². The zero-order chi connectivity index (χ0) is 12.1. The molecule has 1 aliphatic heterocycles. The number of hydrogen-bond acceptors (Lipinski definition) is 5. The molecule has 0 bridgehead atoms. The third kappa shape index (κ3) is 4.31. The van der Waals surface area contributed by atoms with Crippen molar-refractivity contribution in [3.63, 3.8) is 0 Å². The summed E-state index contributed by atoms with van der Waals surface area (Å²) >= 11 is 0. The van der Waals surface area contributed by atoms with E-state index in [2.05, 4.69) is 34.0 Å². The van der Waals surface area contributed by atoms with Gasteiger partial charge in [-0.15, -0.1) is 12.4 Å². The number of anilines is 1. The van der Waals surface area contributed by atoms with E-state index in [9.17, 15) is 0 Å². The van der Waals surface area contributed by atoms with E-state index in [0.717, 1.165) is 32.0 Å². The molecule has 0 spiro atoms. The Morgan fingerprint density at radius 3 is 2.72 bits per heavy atom. The summed E-state index contributed by atoms with van der Waals surface area (Å²) in [6, 6.07) is 1.92. The van der Waals surface area contributed by atoms with E-state index in [0.29, 0.717) is 18.4 Å². The van der Waals surface area contributed by atoms with Gasteiger partial charge in [-0.25, -0.2) is 9.97 Å². The molecule has 1 aromatic heterocycles. The van der Waals surface area contributed by atoms with Crippen LogP contribution >= 0.6 is 12.4 Å². The average molecular weight is 273 g/mol. The molecule has 18 heavy (non-hydrogen) atoms. The molecule has 1 saturated heterocycles. The number of rotatable bonds is 4. The molecule has 1 aliphatic rings. The van der Waals surface area contributed by atoms with Gasteiger partial charge in [0.05, 0.1) is 6.61 Å². The van der Waals surface area contributed by atoms with Crippen LogP contribution in [0.4, 0.5) is 5.82 Å². The lowest BCUT2D eigenvalue weighted by Crippen LogP contribution is -2.43. The Morgan fingerprint density at radius 2 is 2.06 bits per heavy atom. The molecule has 1 fully saturated rings. The molecule has 5 nitrogen and oxygen atoms in total.